The minimum Gasteiger partial charge on any atom is -0.493 e. The van der Waals surface area contributed by atoms with E-state index in [9.17, 15) is 9.59 Å². The molecule has 2 rings (SSSR count). The van der Waals surface area contributed by atoms with Crippen LogP contribution < -0.4 is 10.1 Å². The lowest BCUT2D eigenvalue weighted by Gasteiger charge is -2.08. The number of anilines is 1. The van der Waals surface area contributed by atoms with E-state index >= 15 is 0 Å². The van der Waals surface area contributed by atoms with Gasteiger partial charge in [0.15, 0.2) is 6.61 Å². The first-order chi connectivity index (χ1) is 12.5. The van der Waals surface area contributed by atoms with Gasteiger partial charge in [-0.3, -0.25) is 4.79 Å². The molecule has 0 bridgehead atoms. The minimum absolute atomic E-state index is 0.402. The van der Waals surface area contributed by atoms with E-state index in [0.717, 1.165) is 11.1 Å². The number of esters is 1. The van der Waals surface area contributed by atoms with Crippen molar-refractivity contribution in [3.05, 3.63) is 64.7 Å². The van der Waals surface area contributed by atoms with Gasteiger partial charge in [0.25, 0.3) is 5.91 Å². The molecule has 136 valence electrons. The Balaban J connectivity index is 1.87. The first-order valence-corrected chi connectivity index (χ1v) is 8.50. The van der Waals surface area contributed by atoms with Crippen molar-refractivity contribution in [2.75, 3.05) is 18.5 Å². The Labute approximate surface area is 157 Å². The Morgan fingerprint density at radius 1 is 1.19 bits per heavy atom. The molecule has 0 heterocycles. The third kappa shape index (κ3) is 5.93. The van der Waals surface area contributed by atoms with Gasteiger partial charge in [-0.15, -0.1) is 0 Å². The number of halogens is 1. The van der Waals surface area contributed by atoms with Crippen molar-refractivity contribution in [2.45, 2.75) is 13.8 Å². The van der Waals surface area contributed by atoms with E-state index in [4.69, 9.17) is 21.1 Å². The molecule has 0 aliphatic carbocycles. The lowest BCUT2D eigenvalue weighted by atomic mass is 10.2. The number of aryl methyl sites for hydroxylation is 1. The number of carbonyl (C=O) groups excluding carboxylic acids is 2. The van der Waals surface area contributed by atoms with Gasteiger partial charge >= 0.3 is 5.97 Å². The number of carbonyl (C=O) groups is 2. The fourth-order valence-electron chi connectivity index (χ4n) is 2.16. The number of para-hydroxylation sites is 1. The molecule has 5 nitrogen and oxygen atoms in total. The second-order valence-corrected chi connectivity index (χ2v) is 5.85. The van der Waals surface area contributed by atoms with E-state index in [0.29, 0.717) is 23.1 Å². The zero-order valence-corrected chi connectivity index (χ0v) is 15.4. The highest BCUT2D eigenvalue weighted by atomic mass is 35.5. The second kappa shape index (κ2) is 9.63. The molecule has 1 N–H and O–H groups in total. The number of hydrogen-bond donors (Lipinski definition) is 1. The van der Waals surface area contributed by atoms with Crippen molar-refractivity contribution in [1.29, 1.82) is 0 Å². The van der Waals surface area contributed by atoms with Gasteiger partial charge in [0.05, 0.1) is 17.3 Å². The molecule has 0 aliphatic heterocycles. The van der Waals surface area contributed by atoms with Crippen LogP contribution in [-0.2, 0) is 14.3 Å². The molecule has 26 heavy (non-hydrogen) atoms. The third-order valence-electron chi connectivity index (χ3n) is 3.36. The average molecular weight is 374 g/mol. The molecular weight excluding hydrogens is 354 g/mol. The number of rotatable bonds is 7. The molecule has 0 unspecified atom stereocenters. The summed E-state index contributed by atoms with van der Waals surface area (Å²) in [7, 11) is 0. The lowest BCUT2D eigenvalue weighted by molar-refractivity contribution is -0.142. The molecule has 0 aliphatic rings. The maximum atomic E-state index is 11.9. The molecule has 0 aromatic heterocycles. The number of nitrogens with one attached hydrogen (secondary N) is 1. The Hall–Kier alpha value is -2.79. The van der Waals surface area contributed by atoms with Crippen LogP contribution in [0.5, 0.6) is 5.75 Å². The van der Waals surface area contributed by atoms with Crippen LogP contribution in [0.25, 0.3) is 6.08 Å². The predicted octanol–water partition coefficient (Wildman–Crippen LogP) is 4.24. The standard InChI is InChI=1S/C20H20ClNO4/c1-3-25-18-7-5-4-6-15(18)9-11-20(24)26-13-19(23)22-17-10-8-14(2)12-16(17)21/h4-12H,3,13H2,1-2H3,(H,22,23)/b11-9+. The van der Waals surface area contributed by atoms with Crippen molar-refractivity contribution in [2.24, 2.45) is 0 Å². The summed E-state index contributed by atoms with van der Waals surface area (Å²) < 4.78 is 10.4. The molecule has 0 spiro atoms. The largest absolute Gasteiger partial charge is 0.493 e. The first-order valence-electron chi connectivity index (χ1n) is 8.12. The van der Waals surface area contributed by atoms with Gasteiger partial charge in [-0.2, -0.15) is 0 Å². The highest BCUT2D eigenvalue weighted by Gasteiger charge is 2.08. The van der Waals surface area contributed by atoms with E-state index in [-0.39, 0.29) is 0 Å². The molecular formula is C20H20ClNO4. The minimum atomic E-state index is -0.624. The van der Waals surface area contributed by atoms with Crippen LogP contribution in [0.4, 0.5) is 5.69 Å². The van der Waals surface area contributed by atoms with E-state index in [1.807, 2.05) is 44.2 Å². The molecule has 6 heteroatoms. The number of ether oxygens (including phenoxy) is 2. The summed E-state index contributed by atoms with van der Waals surface area (Å²) in [5, 5.41) is 3.03. The third-order valence-corrected chi connectivity index (χ3v) is 3.67. The van der Waals surface area contributed by atoms with Crippen molar-refractivity contribution in [3.63, 3.8) is 0 Å². The lowest BCUT2D eigenvalue weighted by Crippen LogP contribution is -2.20. The SMILES string of the molecule is CCOc1ccccc1/C=C/C(=O)OCC(=O)Nc1ccc(C)cc1Cl. The summed E-state index contributed by atoms with van der Waals surface area (Å²) in [4.78, 5) is 23.7. The average Bonchev–Trinajstić information content (AvgIpc) is 2.62. The molecule has 1 amide bonds. The molecule has 0 saturated carbocycles. The van der Waals surface area contributed by atoms with Gasteiger partial charge in [-0.1, -0.05) is 35.9 Å². The van der Waals surface area contributed by atoms with Gasteiger partial charge in [0.1, 0.15) is 5.75 Å². The monoisotopic (exact) mass is 373 g/mol. The highest BCUT2D eigenvalue weighted by molar-refractivity contribution is 6.33. The summed E-state index contributed by atoms with van der Waals surface area (Å²) in [6.07, 6.45) is 2.84. The Morgan fingerprint density at radius 3 is 2.69 bits per heavy atom. The summed E-state index contributed by atoms with van der Waals surface area (Å²) in [5.74, 6) is -0.417. The number of hydrogen-bond acceptors (Lipinski definition) is 4. The van der Waals surface area contributed by atoms with Crippen molar-refractivity contribution < 1.29 is 19.1 Å². The zero-order valence-electron chi connectivity index (χ0n) is 14.6. The summed E-state index contributed by atoms with van der Waals surface area (Å²) in [6.45, 7) is 3.90. The first kappa shape index (κ1) is 19.5. The summed E-state index contributed by atoms with van der Waals surface area (Å²) in [5.41, 5.74) is 2.21. The molecule has 0 radical (unpaired) electrons. The van der Waals surface area contributed by atoms with E-state index in [1.54, 1.807) is 18.2 Å². The summed E-state index contributed by atoms with van der Waals surface area (Å²) in [6, 6.07) is 12.6. The summed E-state index contributed by atoms with van der Waals surface area (Å²) >= 11 is 6.05. The highest BCUT2D eigenvalue weighted by Crippen LogP contribution is 2.22. The topological polar surface area (TPSA) is 64.6 Å². The van der Waals surface area contributed by atoms with E-state index in [1.165, 1.54) is 6.08 Å². The predicted molar refractivity (Wildman–Crippen MR) is 102 cm³/mol. The molecule has 0 fully saturated rings. The molecule has 2 aromatic carbocycles. The zero-order chi connectivity index (χ0) is 18.9. The van der Waals surface area contributed by atoms with Crippen LogP contribution in [-0.4, -0.2) is 25.1 Å². The smallest absolute Gasteiger partial charge is 0.331 e. The van der Waals surface area contributed by atoms with Crippen LogP contribution in [0, 0.1) is 6.92 Å². The molecule has 0 saturated heterocycles. The van der Waals surface area contributed by atoms with Crippen LogP contribution >= 0.6 is 11.6 Å². The fourth-order valence-corrected chi connectivity index (χ4v) is 2.44. The van der Waals surface area contributed by atoms with Crippen molar-refractivity contribution in [3.8, 4) is 5.75 Å². The number of amides is 1. The van der Waals surface area contributed by atoms with Gasteiger partial charge < -0.3 is 14.8 Å². The number of benzene rings is 2. The van der Waals surface area contributed by atoms with E-state index in [2.05, 4.69) is 5.32 Å². The van der Waals surface area contributed by atoms with Crippen LogP contribution in [0.1, 0.15) is 18.1 Å². The normalized spacial score (nSPS) is 10.6. The van der Waals surface area contributed by atoms with Gasteiger partial charge in [-0.05, 0) is 43.7 Å². The van der Waals surface area contributed by atoms with Crippen LogP contribution in [0.3, 0.4) is 0 Å². The van der Waals surface area contributed by atoms with Gasteiger partial charge in [0, 0.05) is 11.6 Å². The van der Waals surface area contributed by atoms with Crippen LogP contribution in [0.15, 0.2) is 48.5 Å². The van der Waals surface area contributed by atoms with Crippen molar-refractivity contribution in [1.82, 2.24) is 0 Å². The fraction of sp³-hybridized carbons (Fsp3) is 0.200. The van der Waals surface area contributed by atoms with Crippen LogP contribution in [0.2, 0.25) is 5.02 Å². The second-order valence-electron chi connectivity index (χ2n) is 5.44. The van der Waals surface area contributed by atoms with Gasteiger partial charge in [-0.25, -0.2) is 4.79 Å². The van der Waals surface area contributed by atoms with E-state index < -0.39 is 18.5 Å². The van der Waals surface area contributed by atoms with Gasteiger partial charge in [0.2, 0.25) is 0 Å². The Morgan fingerprint density at radius 2 is 1.96 bits per heavy atom. The Kier molecular flexibility index (Phi) is 7.24. The maximum absolute atomic E-state index is 11.9. The Bertz CT molecular complexity index is 817. The molecule has 0 atom stereocenters. The quantitative estimate of drug-likeness (QED) is 0.582. The molecule has 2 aromatic rings. The van der Waals surface area contributed by atoms with Crippen molar-refractivity contribution >= 4 is 35.2 Å². The maximum Gasteiger partial charge on any atom is 0.331 e.